The Balaban J connectivity index is 1.32. The molecule has 0 aliphatic carbocycles. The zero-order valence-corrected chi connectivity index (χ0v) is 14.9. The lowest BCUT2D eigenvalue weighted by atomic mass is 9.85. The van der Waals surface area contributed by atoms with Crippen LogP contribution in [0.4, 0.5) is 5.13 Å². The maximum atomic E-state index is 6.11. The van der Waals surface area contributed by atoms with E-state index < -0.39 is 0 Å². The Kier molecular flexibility index (Phi) is 4.24. The molecule has 2 aromatic heterocycles. The molecule has 128 valence electrons. The molecule has 4 rings (SSSR count). The fourth-order valence-electron chi connectivity index (χ4n) is 3.43. The van der Waals surface area contributed by atoms with E-state index in [9.17, 15) is 0 Å². The molecular formula is C17H22N4O2S. The van der Waals surface area contributed by atoms with Crippen LogP contribution in [-0.4, -0.2) is 46.6 Å². The van der Waals surface area contributed by atoms with Crippen molar-refractivity contribution in [2.45, 2.75) is 45.0 Å². The first-order valence-electron chi connectivity index (χ1n) is 8.35. The van der Waals surface area contributed by atoms with Crippen molar-refractivity contribution in [2.24, 2.45) is 0 Å². The summed E-state index contributed by atoms with van der Waals surface area (Å²) in [4.78, 5) is 6.75. The first kappa shape index (κ1) is 15.9. The van der Waals surface area contributed by atoms with Crippen molar-refractivity contribution in [3.05, 3.63) is 34.6 Å². The van der Waals surface area contributed by atoms with Gasteiger partial charge in [-0.05, 0) is 32.4 Å². The van der Waals surface area contributed by atoms with E-state index in [4.69, 9.17) is 9.47 Å². The first-order chi connectivity index (χ1) is 11.6. The fourth-order valence-corrected chi connectivity index (χ4v) is 4.11. The molecule has 0 bridgehead atoms. The van der Waals surface area contributed by atoms with Crippen LogP contribution in [0.15, 0.2) is 18.2 Å². The Morgan fingerprint density at radius 2 is 2.21 bits per heavy atom. The number of anilines is 1. The fraction of sp³-hybridized carbons (Fsp3) is 0.588. The Morgan fingerprint density at radius 3 is 2.96 bits per heavy atom. The minimum atomic E-state index is -0.0808. The van der Waals surface area contributed by atoms with Crippen LogP contribution in [0.25, 0.3) is 0 Å². The third-order valence-corrected chi connectivity index (χ3v) is 5.50. The van der Waals surface area contributed by atoms with E-state index >= 15 is 0 Å². The van der Waals surface area contributed by atoms with E-state index in [1.807, 2.05) is 32.0 Å². The maximum absolute atomic E-state index is 6.11. The molecule has 0 radical (unpaired) electrons. The highest BCUT2D eigenvalue weighted by Crippen LogP contribution is 2.38. The lowest BCUT2D eigenvalue weighted by Gasteiger charge is -2.52. The monoisotopic (exact) mass is 346 g/mol. The summed E-state index contributed by atoms with van der Waals surface area (Å²) in [5.74, 6) is 0. The molecule has 2 fully saturated rings. The normalized spacial score (nSPS) is 22.6. The van der Waals surface area contributed by atoms with E-state index in [1.54, 1.807) is 11.3 Å². The van der Waals surface area contributed by atoms with Crippen LogP contribution in [0.3, 0.4) is 0 Å². The molecule has 4 heterocycles. The SMILES string of the molecule is Cc1cccc(CO[C@@H]2CCOC3(C2)CN(c2nnc(C)s2)C3)n1. The molecule has 6 nitrogen and oxygen atoms in total. The second kappa shape index (κ2) is 6.38. The molecule has 2 aliphatic heterocycles. The molecule has 0 amide bonds. The van der Waals surface area contributed by atoms with Crippen LogP contribution in [0.5, 0.6) is 0 Å². The standard InChI is InChI=1S/C17H22N4O2S/c1-12-4-3-5-14(18-12)9-22-15-6-7-23-17(8-15)10-21(11-17)16-20-19-13(2)24-16/h3-5,15H,6-11H2,1-2H3/t15-/m1/s1. The van der Waals surface area contributed by atoms with Gasteiger partial charge in [0.25, 0.3) is 0 Å². The average molecular weight is 346 g/mol. The Labute approximate surface area is 145 Å². The number of pyridine rings is 1. The van der Waals surface area contributed by atoms with Gasteiger partial charge in [-0.3, -0.25) is 4.98 Å². The quantitative estimate of drug-likeness (QED) is 0.848. The molecule has 2 aliphatic rings. The van der Waals surface area contributed by atoms with Gasteiger partial charge in [-0.2, -0.15) is 0 Å². The zero-order valence-electron chi connectivity index (χ0n) is 14.1. The van der Waals surface area contributed by atoms with E-state index in [0.29, 0.717) is 6.61 Å². The lowest BCUT2D eigenvalue weighted by molar-refractivity contribution is -0.148. The molecule has 2 aromatic rings. The van der Waals surface area contributed by atoms with Gasteiger partial charge >= 0.3 is 0 Å². The van der Waals surface area contributed by atoms with Crippen molar-refractivity contribution < 1.29 is 9.47 Å². The minimum Gasteiger partial charge on any atom is -0.372 e. The summed E-state index contributed by atoms with van der Waals surface area (Å²) < 4.78 is 12.2. The zero-order chi connectivity index (χ0) is 16.6. The Morgan fingerprint density at radius 1 is 1.33 bits per heavy atom. The van der Waals surface area contributed by atoms with Crippen molar-refractivity contribution in [3.63, 3.8) is 0 Å². The number of aromatic nitrogens is 3. The van der Waals surface area contributed by atoms with Crippen molar-refractivity contribution in [2.75, 3.05) is 24.6 Å². The van der Waals surface area contributed by atoms with Crippen LogP contribution in [0.2, 0.25) is 0 Å². The van der Waals surface area contributed by atoms with E-state index in [1.165, 1.54) is 0 Å². The molecule has 0 N–H and O–H groups in total. The smallest absolute Gasteiger partial charge is 0.208 e. The largest absolute Gasteiger partial charge is 0.372 e. The van der Waals surface area contributed by atoms with Crippen molar-refractivity contribution in [3.8, 4) is 0 Å². The molecule has 0 aromatic carbocycles. The molecule has 7 heteroatoms. The van der Waals surface area contributed by atoms with Gasteiger partial charge in [0.2, 0.25) is 5.13 Å². The van der Waals surface area contributed by atoms with Gasteiger partial charge in [-0.25, -0.2) is 0 Å². The summed E-state index contributed by atoms with van der Waals surface area (Å²) in [6.45, 7) is 7.08. The van der Waals surface area contributed by atoms with Crippen LogP contribution < -0.4 is 4.90 Å². The molecule has 1 spiro atoms. The summed E-state index contributed by atoms with van der Waals surface area (Å²) in [7, 11) is 0. The number of aryl methyl sites for hydroxylation is 2. The summed E-state index contributed by atoms with van der Waals surface area (Å²) in [5, 5.41) is 10.3. The van der Waals surface area contributed by atoms with E-state index in [2.05, 4.69) is 20.1 Å². The van der Waals surface area contributed by atoms with Gasteiger partial charge in [0, 0.05) is 18.7 Å². The summed E-state index contributed by atoms with van der Waals surface area (Å²) in [6, 6.07) is 6.05. The van der Waals surface area contributed by atoms with Gasteiger partial charge in [0.1, 0.15) is 10.6 Å². The predicted molar refractivity (Wildman–Crippen MR) is 92.3 cm³/mol. The number of hydrogen-bond donors (Lipinski definition) is 0. The average Bonchev–Trinajstić information content (AvgIpc) is 2.97. The van der Waals surface area contributed by atoms with E-state index in [0.717, 1.165) is 54.1 Å². The summed E-state index contributed by atoms with van der Waals surface area (Å²) in [5.41, 5.74) is 1.94. The van der Waals surface area contributed by atoms with Crippen molar-refractivity contribution >= 4 is 16.5 Å². The highest BCUT2D eigenvalue weighted by atomic mass is 32.1. The molecule has 1 atom stereocenters. The molecular weight excluding hydrogens is 324 g/mol. The molecule has 0 saturated carbocycles. The van der Waals surface area contributed by atoms with Gasteiger partial charge in [-0.15, -0.1) is 10.2 Å². The summed E-state index contributed by atoms with van der Waals surface area (Å²) >= 11 is 1.64. The summed E-state index contributed by atoms with van der Waals surface area (Å²) in [6.07, 6.45) is 2.12. The maximum Gasteiger partial charge on any atom is 0.208 e. The van der Waals surface area contributed by atoms with Crippen molar-refractivity contribution in [1.82, 2.24) is 15.2 Å². The second-order valence-corrected chi connectivity index (χ2v) is 7.85. The number of nitrogens with zero attached hydrogens (tertiary/aromatic N) is 4. The minimum absolute atomic E-state index is 0.0808. The van der Waals surface area contributed by atoms with Crippen molar-refractivity contribution in [1.29, 1.82) is 0 Å². The van der Waals surface area contributed by atoms with Gasteiger partial charge < -0.3 is 14.4 Å². The highest BCUT2D eigenvalue weighted by molar-refractivity contribution is 7.15. The topological polar surface area (TPSA) is 60.4 Å². The Hall–Kier alpha value is -1.57. The van der Waals surface area contributed by atoms with Crippen LogP contribution >= 0.6 is 11.3 Å². The third-order valence-electron chi connectivity index (χ3n) is 4.60. The van der Waals surface area contributed by atoms with Crippen LogP contribution in [0, 0.1) is 13.8 Å². The Bertz CT molecular complexity index is 714. The van der Waals surface area contributed by atoms with Crippen LogP contribution in [-0.2, 0) is 16.1 Å². The second-order valence-electron chi connectivity index (χ2n) is 6.69. The van der Waals surface area contributed by atoms with Crippen LogP contribution in [0.1, 0.15) is 29.2 Å². The predicted octanol–water partition coefficient (Wildman–Crippen LogP) is 2.50. The third kappa shape index (κ3) is 3.29. The first-order valence-corrected chi connectivity index (χ1v) is 9.17. The van der Waals surface area contributed by atoms with Gasteiger partial charge in [0.05, 0.1) is 31.5 Å². The van der Waals surface area contributed by atoms with E-state index in [-0.39, 0.29) is 11.7 Å². The molecule has 0 unspecified atom stereocenters. The molecule has 2 saturated heterocycles. The number of hydrogen-bond acceptors (Lipinski definition) is 7. The van der Waals surface area contributed by atoms with Gasteiger partial charge in [0.15, 0.2) is 0 Å². The van der Waals surface area contributed by atoms with Gasteiger partial charge in [-0.1, -0.05) is 17.4 Å². The number of rotatable bonds is 4. The lowest BCUT2D eigenvalue weighted by Crippen LogP contribution is -2.66. The highest BCUT2D eigenvalue weighted by Gasteiger charge is 2.48. The number of ether oxygens (including phenoxy) is 2. The molecule has 24 heavy (non-hydrogen) atoms.